The third-order valence-corrected chi connectivity index (χ3v) is 3.45. The number of carbonyl (C=O) groups is 2. The first-order valence-corrected chi connectivity index (χ1v) is 7.19. The van der Waals surface area contributed by atoms with Crippen molar-refractivity contribution in [2.24, 2.45) is 0 Å². The molecule has 5 nitrogen and oxygen atoms in total. The number of thiophene rings is 1. The maximum absolute atomic E-state index is 11.7. The van der Waals surface area contributed by atoms with Crippen molar-refractivity contribution in [2.45, 2.75) is 38.8 Å². The van der Waals surface area contributed by atoms with Crippen molar-refractivity contribution >= 4 is 23.2 Å². The Morgan fingerprint density at radius 1 is 1.42 bits per heavy atom. The number of rotatable bonds is 7. The molecule has 19 heavy (non-hydrogen) atoms. The van der Waals surface area contributed by atoms with Gasteiger partial charge < -0.3 is 15.7 Å². The molecule has 3 N–H and O–H groups in total. The van der Waals surface area contributed by atoms with Gasteiger partial charge in [0.25, 0.3) is 5.91 Å². The summed E-state index contributed by atoms with van der Waals surface area (Å²) < 4.78 is 0. The zero-order valence-electron chi connectivity index (χ0n) is 11.2. The summed E-state index contributed by atoms with van der Waals surface area (Å²) in [6.07, 6.45) is 1.01. The molecule has 2 unspecified atom stereocenters. The van der Waals surface area contributed by atoms with E-state index in [4.69, 9.17) is 5.11 Å². The van der Waals surface area contributed by atoms with Crippen LogP contribution in [0.5, 0.6) is 0 Å². The summed E-state index contributed by atoms with van der Waals surface area (Å²) in [5.41, 5.74) is 0. The van der Waals surface area contributed by atoms with E-state index in [-0.39, 0.29) is 17.9 Å². The fourth-order valence-corrected chi connectivity index (χ4v) is 2.13. The van der Waals surface area contributed by atoms with Crippen LogP contribution in [0.25, 0.3) is 0 Å². The number of aliphatic hydroxyl groups is 1. The van der Waals surface area contributed by atoms with E-state index in [0.29, 0.717) is 17.8 Å². The van der Waals surface area contributed by atoms with Crippen molar-refractivity contribution in [1.82, 2.24) is 10.6 Å². The number of aliphatic hydroxyl groups excluding tert-OH is 1. The molecule has 0 spiro atoms. The van der Waals surface area contributed by atoms with Gasteiger partial charge in [-0.15, -0.1) is 11.3 Å². The van der Waals surface area contributed by atoms with Crippen molar-refractivity contribution in [1.29, 1.82) is 0 Å². The molecule has 2 amide bonds. The van der Waals surface area contributed by atoms with Gasteiger partial charge >= 0.3 is 0 Å². The fourth-order valence-electron chi connectivity index (χ4n) is 1.50. The zero-order valence-corrected chi connectivity index (χ0v) is 12.0. The van der Waals surface area contributed by atoms with Crippen LogP contribution in [0.15, 0.2) is 17.5 Å². The zero-order chi connectivity index (χ0) is 14.3. The highest BCUT2D eigenvalue weighted by Gasteiger charge is 2.16. The third-order valence-electron chi connectivity index (χ3n) is 2.58. The number of carbonyl (C=O) groups excluding carboxylic acids is 2. The van der Waals surface area contributed by atoms with Gasteiger partial charge in [-0.1, -0.05) is 6.07 Å². The van der Waals surface area contributed by atoms with Crippen LogP contribution in [0.3, 0.4) is 0 Å². The van der Waals surface area contributed by atoms with Gasteiger partial charge in [0.15, 0.2) is 0 Å². The molecule has 1 aromatic heterocycles. The van der Waals surface area contributed by atoms with E-state index in [9.17, 15) is 9.59 Å². The Morgan fingerprint density at radius 3 is 2.74 bits per heavy atom. The molecule has 1 rings (SSSR count). The first-order valence-electron chi connectivity index (χ1n) is 6.31. The first-order chi connectivity index (χ1) is 9.00. The van der Waals surface area contributed by atoms with Crippen LogP contribution in [-0.2, 0) is 4.79 Å². The van der Waals surface area contributed by atoms with Crippen molar-refractivity contribution in [2.75, 3.05) is 6.54 Å². The Labute approximate surface area is 117 Å². The number of hydrogen-bond donors (Lipinski definition) is 3. The molecule has 6 heteroatoms. The minimum Gasteiger partial charge on any atom is -0.393 e. The molecule has 0 saturated carbocycles. The summed E-state index contributed by atoms with van der Waals surface area (Å²) in [6.45, 7) is 3.87. The topological polar surface area (TPSA) is 78.4 Å². The second-order valence-corrected chi connectivity index (χ2v) is 5.40. The molecule has 0 aliphatic heterocycles. The lowest BCUT2D eigenvalue weighted by molar-refractivity contribution is -0.122. The van der Waals surface area contributed by atoms with Gasteiger partial charge in [0, 0.05) is 6.54 Å². The van der Waals surface area contributed by atoms with Gasteiger partial charge in [-0.2, -0.15) is 0 Å². The molecule has 0 aliphatic carbocycles. The molecule has 106 valence electrons. The van der Waals surface area contributed by atoms with Crippen molar-refractivity contribution in [3.63, 3.8) is 0 Å². The minimum absolute atomic E-state index is 0.213. The summed E-state index contributed by atoms with van der Waals surface area (Å²) in [4.78, 5) is 24.0. The summed E-state index contributed by atoms with van der Waals surface area (Å²) in [5.74, 6) is -0.447. The van der Waals surface area contributed by atoms with Crippen LogP contribution in [0.4, 0.5) is 0 Å². The maximum Gasteiger partial charge on any atom is 0.261 e. The van der Waals surface area contributed by atoms with Crippen LogP contribution in [0, 0.1) is 0 Å². The second-order valence-electron chi connectivity index (χ2n) is 4.45. The number of hydrogen-bond acceptors (Lipinski definition) is 4. The van der Waals surface area contributed by atoms with Crippen LogP contribution < -0.4 is 10.6 Å². The van der Waals surface area contributed by atoms with Gasteiger partial charge in [-0.3, -0.25) is 9.59 Å². The molecular weight excluding hydrogens is 264 g/mol. The molecule has 0 bridgehead atoms. The molecule has 0 radical (unpaired) electrons. The standard InChI is InChI=1S/C13H20N2O3S/c1-9(16)5-3-7-14-12(17)10(2)15-13(18)11-6-4-8-19-11/h4,6,8-10,16H,3,5,7H2,1-2H3,(H,14,17)(H,15,18). The highest BCUT2D eigenvalue weighted by molar-refractivity contribution is 7.12. The highest BCUT2D eigenvalue weighted by atomic mass is 32.1. The Kier molecular flexibility index (Phi) is 6.52. The van der Waals surface area contributed by atoms with Crippen LogP contribution in [0.2, 0.25) is 0 Å². The summed E-state index contributed by atoms with van der Waals surface area (Å²) >= 11 is 1.34. The van der Waals surface area contributed by atoms with Gasteiger partial charge in [0.2, 0.25) is 5.91 Å². The first kappa shape index (κ1) is 15.7. The Balaban J connectivity index is 2.27. The Hall–Kier alpha value is -1.40. The van der Waals surface area contributed by atoms with Crippen molar-refractivity contribution in [3.8, 4) is 0 Å². The Morgan fingerprint density at radius 2 is 2.16 bits per heavy atom. The summed E-state index contributed by atoms with van der Waals surface area (Å²) in [7, 11) is 0. The normalized spacial score (nSPS) is 13.6. The van der Waals surface area contributed by atoms with Gasteiger partial charge in [0.1, 0.15) is 6.04 Å². The summed E-state index contributed by atoms with van der Waals surface area (Å²) in [5, 5.41) is 16.3. The fraction of sp³-hybridized carbons (Fsp3) is 0.538. The molecule has 0 fully saturated rings. The largest absolute Gasteiger partial charge is 0.393 e. The van der Waals surface area contributed by atoms with Crippen LogP contribution in [-0.4, -0.2) is 35.6 Å². The Bertz CT molecular complexity index is 404. The lowest BCUT2D eigenvalue weighted by atomic mass is 10.2. The molecule has 1 aromatic rings. The van der Waals surface area contributed by atoms with E-state index < -0.39 is 6.04 Å². The summed E-state index contributed by atoms with van der Waals surface area (Å²) in [6, 6.07) is 2.94. The molecule has 0 aliphatic rings. The third kappa shape index (κ3) is 5.85. The van der Waals surface area contributed by atoms with Gasteiger partial charge in [0.05, 0.1) is 11.0 Å². The quantitative estimate of drug-likeness (QED) is 0.657. The molecule has 1 heterocycles. The minimum atomic E-state index is -0.568. The molecular formula is C13H20N2O3S. The van der Waals surface area contributed by atoms with E-state index in [1.165, 1.54) is 11.3 Å². The van der Waals surface area contributed by atoms with E-state index in [1.807, 2.05) is 5.38 Å². The molecule has 0 aromatic carbocycles. The van der Waals surface area contributed by atoms with E-state index in [2.05, 4.69) is 10.6 Å². The van der Waals surface area contributed by atoms with Crippen molar-refractivity contribution < 1.29 is 14.7 Å². The second kappa shape index (κ2) is 7.91. The predicted molar refractivity (Wildman–Crippen MR) is 75.2 cm³/mol. The van der Waals surface area contributed by atoms with Crippen LogP contribution in [0.1, 0.15) is 36.4 Å². The van der Waals surface area contributed by atoms with Crippen molar-refractivity contribution in [3.05, 3.63) is 22.4 Å². The van der Waals surface area contributed by atoms with Crippen LogP contribution >= 0.6 is 11.3 Å². The van der Waals surface area contributed by atoms with Gasteiger partial charge in [-0.25, -0.2) is 0 Å². The molecule has 2 atom stereocenters. The SMILES string of the molecule is CC(O)CCCNC(=O)C(C)NC(=O)c1cccs1. The highest BCUT2D eigenvalue weighted by Crippen LogP contribution is 2.08. The smallest absolute Gasteiger partial charge is 0.261 e. The lowest BCUT2D eigenvalue weighted by Gasteiger charge is -2.13. The monoisotopic (exact) mass is 284 g/mol. The average Bonchev–Trinajstić information content (AvgIpc) is 2.87. The van der Waals surface area contributed by atoms with E-state index in [1.54, 1.807) is 26.0 Å². The predicted octanol–water partition coefficient (Wildman–Crippen LogP) is 1.14. The van der Waals surface area contributed by atoms with E-state index >= 15 is 0 Å². The van der Waals surface area contributed by atoms with Gasteiger partial charge in [-0.05, 0) is 38.1 Å². The molecule has 0 saturated heterocycles. The average molecular weight is 284 g/mol. The number of nitrogens with one attached hydrogen (secondary N) is 2. The number of amides is 2. The lowest BCUT2D eigenvalue weighted by Crippen LogP contribution is -2.44. The maximum atomic E-state index is 11.7. The van der Waals surface area contributed by atoms with E-state index in [0.717, 1.165) is 6.42 Å².